The first-order valence-corrected chi connectivity index (χ1v) is 9.88. The molecule has 0 spiro atoms. The summed E-state index contributed by atoms with van der Waals surface area (Å²) >= 11 is 3.22. The molecule has 3 aliphatic rings. The number of aliphatic hydroxyl groups excluding tert-OH is 1. The Balaban J connectivity index is 1.74. The zero-order valence-corrected chi connectivity index (χ0v) is 16.0. The van der Waals surface area contributed by atoms with Crippen molar-refractivity contribution in [3.8, 4) is 16.5 Å². The maximum atomic E-state index is 10.5. The average Bonchev–Trinajstić information content (AvgIpc) is 2.89. The van der Waals surface area contributed by atoms with Crippen LogP contribution in [-0.4, -0.2) is 18.3 Å². The van der Waals surface area contributed by atoms with Crippen LogP contribution in [0.1, 0.15) is 61.6 Å². The molecule has 2 nitrogen and oxygen atoms in total. The number of hydrogen-bond acceptors (Lipinski definition) is 2. The van der Waals surface area contributed by atoms with Crippen molar-refractivity contribution in [1.82, 2.24) is 0 Å². The van der Waals surface area contributed by atoms with Gasteiger partial charge in [-0.3, -0.25) is 0 Å². The van der Waals surface area contributed by atoms with Crippen molar-refractivity contribution in [2.45, 2.75) is 57.5 Å². The van der Waals surface area contributed by atoms with E-state index in [1.54, 1.807) is 7.11 Å². The largest absolute Gasteiger partial charge is 0.495 e. The summed E-state index contributed by atoms with van der Waals surface area (Å²) in [4.78, 5) is 2.84. The third-order valence-electron chi connectivity index (χ3n) is 7.18. The lowest BCUT2D eigenvalue weighted by molar-refractivity contribution is -0.0226. The normalized spacial score (nSPS) is 36.8. The summed E-state index contributed by atoms with van der Waals surface area (Å²) in [6.45, 7) is 2.33. The molecule has 0 aromatic heterocycles. The Hall–Kier alpha value is -0.980. The fourth-order valence-corrected chi connectivity index (χ4v) is 6.10. The van der Waals surface area contributed by atoms with Crippen molar-refractivity contribution in [2.24, 2.45) is 17.3 Å². The fraction of sp³-hybridized carbons (Fsp3) is 0.619. The summed E-state index contributed by atoms with van der Waals surface area (Å²) in [6, 6.07) is 4.48. The van der Waals surface area contributed by atoms with E-state index < -0.39 is 0 Å². The zero-order chi connectivity index (χ0) is 16.9. The highest BCUT2D eigenvalue weighted by molar-refractivity contribution is 9.12. The van der Waals surface area contributed by atoms with E-state index in [2.05, 4.69) is 45.7 Å². The van der Waals surface area contributed by atoms with E-state index in [1.807, 2.05) is 0 Å². The lowest BCUT2D eigenvalue weighted by atomic mass is 9.55. The number of aryl methyl sites for hydroxylation is 1. The summed E-state index contributed by atoms with van der Waals surface area (Å²) in [6.07, 6.45) is 6.78. The lowest BCUT2D eigenvalue weighted by Crippen LogP contribution is -2.43. The lowest BCUT2D eigenvalue weighted by Gasteiger charge is -2.50. The molecule has 0 heterocycles. The second-order valence-electron chi connectivity index (χ2n) is 8.02. The van der Waals surface area contributed by atoms with Crippen molar-refractivity contribution in [3.63, 3.8) is 0 Å². The Labute approximate surface area is 153 Å². The number of ether oxygens (including phenoxy) is 1. The molecule has 0 aliphatic heterocycles. The van der Waals surface area contributed by atoms with E-state index in [4.69, 9.17) is 4.74 Å². The molecule has 2 saturated carbocycles. The standard InChI is InChI=1S/C21H25BrO2/c1-21-9-7-15-16(18(21)5-6-20(21)23)4-3-13-12-19(24-2)14(8-10-22)11-17(13)15/h11-12,15-16,18,20,23H,3-7,9H2,1-2H3/t15-,16+,18-,20+,21-/m0/s1. The molecule has 1 N–H and O–H groups in total. The van der Waals surface area contributed by atoms with Crippen molar-refractivity contribution in [3.05, 3.63) is 28.8 Å². The van der Waals surface area contributed by atoms with E-state index in [1.165, 1.54) is 30.4 Å². The van der Waals surface area contributed by atoms with Crippen LogP contribution in [0.3, 0.4) is 0 Å². The van der Waals surface area contributed by atoms with Crippen LogP contribution in [0, 0.1) is 28.0 Å². The smallest absolute Gasteiger partial charge is 0.134 e. The molecule has 0 unspecified atom stereocenters. The molecule has 1 aromatic carbocycles. The minimum absolute atomic E-state index is 0.101. The minimum Gasteiger partial charge on any atom is -0.495 e. The third kappa shape index (κ3) is 2.34. The average molecular weight is 389 g/mol. The summed E-state index contributed by atoms with van der Waals surface area (Å²) in [5.74, 6) is 6.03. The van der Waals surface area contributed by atoms with E-state index in [-0.39, 0.29) is 11.5 Å². The highest BCUT2D eigenvalue weighted by Gasteiger charge is 2.54. The van der Waals surface area contributed by atoms with Gasteiger partial charge in [0.15, 0.2) is 0 Å². The van der Waals surface area contributed by atoms with Gasteiger partial charge < -0.3 is 9.84 Å². The SMILES string of the molecule is COc1cc2c(cc1C#CBr)[C@H]1CC[C@]3(C)[C@H](O)CC[C@H]3[C@@H]1CC2. The van der Waals surface area contributed by atoms with Gasteiger partial charge in [-0.2, -0.15) is 0 Å². The maximum Gasteiger partial charge on any atom is 0.134 e. The van der Waals surface area contributed by atoms with Crippen LogP contribution >= 0.6 is 15.9 Å². The van der Waals surface area contributed by atoms with Gasteiger partial charge >= 0.3 is 0 Å². The molecule has 3 aliphatic carbocycles. The van der Waals surface area contributed by atoms with Gasteiger partial charge in [-0.1, -0.05) is 12.8 Å². The van der Waals surface area contributed by atoms with Crippen LogP contribution in [0.2, 0.25) is 0 Å². The molecule has 0 saturated heterocycles. The van der Waals surface area contributed by atoms with Gasteiger partial charge in [0.05, 0.1) is 18.8 Å². The first-order valence-electron chi connectivity index (χ1n) is 9.09. The number of fused-ring (bicyclic) bond motifs is 5. The first kappa shape index (κ1) is 16.5. The second kappa shape index (κ2) is 6.07. The van der Waals surface area contributed by atoms with Crippen LogP contribution in [0.15, 0.2) is 12.1 Å². The summed E-state index contributed by atoms with van der Waals surface area (Å²) in [5, 5.41) is 10.5. The van der Waals surface area contributed by atoms with Crippen LogP contribution < -0.4 is 4.74 Å². The molecule has 1 aromatic rings. The highest BCUT2D eigenvalue weighted by Crippen LogP contribution is 2.61. The van der Waals surface area contributed by atoms with E-state index in [0.717, 1.165) is 30.6 Å². The number of methoxy groups -OCH3 is 1. The topological polar surface area (TPSA) is 29.5 Å². The Morgan fingerprint density at radius 1 is 1.25 bits per heavy atom. The fourth-order valence-electron chi connectivity index (χ4n) is 5.89. The molecule has 0 radical (unpaired) electrons. The Bertz CT molecular complexity index is 717. The molecule has 4 rings (SSSR count). The molecule has 2 fully saturated rings. The van der Waals surface area contributed by atoms with E-state index in [9.17, 15) is 5.11 Å². The van der Waals surface area contributed by atoms with Crippen molar-refractivity contribution < 1.29 is 9.84 Å². The summed E-state index contributed by atoms with van der Waals surface area (Å²) in [7, 11) is 1.72. The van der Waals surface area contributed by atoms with Crippen molar-refractivity contribution >= 4 is 15.9 Å². The molecule has 0 bridgehead atoms. The monoisotopic (exact) mass is 388 g/mol. The number of benzene rings is 1. The molecule has 24 heavy (non-hydrogen) atoms. The Morgan fingerprint density at radius 3 is 2.83 bits per heavy atom. The van der Waals surface area contributed by atoms with E-state index in [0.29, 0.717) is 17.8 Å². The number of aliphatic hydroxyl groups is 1. The zero-order valence-electron chi connectivity index (χ0n) is 14.4. The summed E-state index contributed by atoms with van der Waals surface area (Å²) in [5.41, 5.74) is 4.05. The molecule has 128 valence electrons. The first-order chi connectivity index (χ1) is 11.6. The Kier molecular flexibility index (Phi) is 4.17. The minimum atomic E-state index is -0.101. The Morgan fingerprint density at radius 2 is 2.08 bits per heavy atom. The van der Waals surface area contributed by atoms with Crippen LogP contribution in [0.4, 0.5) is 0 Å². The van der Waals surface area contributed by atoms with Gasteiger partial charge in [0, 0.05) is 15.9 Å². The highest BCUT2D eigenvalue weighted by atomic mass is 79.9. The molecule has 3 heteroatoms. The van der Waals surface area contributed by atoms with Crippen LogP contribution in [0.5, 0.6) is 5.75 Å². The number of rotatable bonds is 1. The van der Waals surface area contributed by atoms with Gasteiger partial charge in [-0.15, -0.1) is 0 Å². The number of halogens is 1. The van der Waals surface area contributed by atoms with Gasteiger partial charge in [-0.25, -0.2) is 0 Å². The maximum absolute atomic E-state index is 10.5. The number of hydrogen-bond donors (Lipinski definition) is 1. The van der Waals surface area contributed by atoms with E-state index >= 15 is 0 Å². The predicted octanol–water partition coefficient (Wildman–Crippen LogP) is 4.62. The van der Waals surface area contributed by atoms with Gasteiger partial charge in [0.25, 0.3) is 0 Å². The second-order valence-corrected chi connectivity index (χ2v) is 8.42. The molecule has 5 atom stereocenters. The predicted molar refractivity (Wildman–Crippen MR) is 99.4 cm³/mol. The quantitative estimate of drug-likeness (QED) is 0.711. The third-order valence-corrected chi connectivity index (χ3v) is 7.38. The molecular weight excluding hydrogens is 364 g/mol. The van der Waals surface area contributed by atoms with Gasteiger partial charge in [0.1, 0.15) is 5.75 Å². The van der Waals surface area contributed by atoms with Crippen molar-refractivity contribution in [1.29, 1.82) is 0 Å². The molecule has 0 amide bonds. The van der Waals surface area contributed by atoms with Crippen LogP contribution in [0.25, 0.3) is 0 Å². The summed E-state index contributed by atoms with van der Waals surface area (Å²) < 4.78 is 5.54. The molecular formula is C21H25BrO2. The van der Waals surface area contributed by atoms with Gasteiger partial charge in [0.2, 0.25) is 0 Å². The van der Waals surface area contributed by atoms with Crippen LogP contribution in [-0.2, 0) is 6.42 Å². The van der Waals surface area contributed by atoms with Gasteiger partial charge in [-0.05, 0) is 89.8 Å². The van der Waals surface area contributed by atoms with Crippen molar-refractivity contribution in [2.75, 3.05) is 7.11 Å².